The van der Waals surface area contributed by atoms with Crippen LogP contribution in [0.5, 0.6) is 5.75 Å². The lowest BCUT2D eigenvalue weighted by molar-refractivity contribution is -0.136. The van der Waals surface area contributed by atoms with E-state index in [1.165, 1.54) is 0 Å². The van der Waals surface area contributed by atoms with Crippen molar-refractivity contribution in [1.82, 2.24) is 10.2 Å². The molecule has 0 radical (unpaired) electrons. The van der Waals surface area contributed by atoms with E-state index in [1.807, 2.05) is 23.1 Å². The monoisotopic (exact) mass is 309 g/mol. The van der Waals surface area contributed by atoms with E-state index in [-0.39, 0.29) is 30.3 Å². The Bertz CT molecular complexity index is 603. The Balaban J connectivity index is 0.00000161. The number of fused-ring (bicyclic) bond motifs is 1. The number of rotatable bonds is 2. The maximum atomic E-state index is 11.9. The third-order valence-corrected chi connectivity index (χ3v) is 3.60. The lowest BCUT2D eigenvalue weighted by Crippen LogP contribution is -2.52. The molecule has 0 spiro atoms. The number of methoxy groups -OCH3 is 1. The number of imide groups is 1. The first-order valence-corrected chi connectivity index (χ1v) is 6.48. The van der Waals surface area contributed by atoms with Crippen LogP contribution in [-0.2, 0) is 16.1 Å². The number of carbonyl (C=O) groups is 2. The summed E-state index contributed by atoms with van der Waals surface area (Å²) in [7, 11) is 1.62. The van der Waals surface area contributed by atoms with Crippen LogP contribution in [0.2, 0.25) is 0 Å². The molecule has 1 aromatic carbocycles. The van der Waals surface area contributed by atoms with Gasteiger partial charge in [0.05, 0.1) is 19.1 Å². The van der Waals surface area contributed by atoms with Crippen molar-refractivity contribution in [2.45, 2.75) is 25.4 Å². The normalized spacial score (nSPS) is 20.4. The number of hydrogen-bond donors (Lipinski definition) is 1. The fourth-order valence-corrected chi connectivity index (χ4v) is 2.50. The predicted molar refractivity (Wildman–Crippen MR) is 80.1 cm³/mol. The Morgan fingerprint density at radius 2 is 2.19 bits per heavy atom. The van der Waals surface area contributed by atoms with Gasteiger partial charge < -0.3 is 9.64 Å². The quantitative estimate of drug-likeness (QED) is 0.838. The molecule has 3 rings (SSSR count). The molecule has 1 fully saturated rings. The van der Waals surface area contributed by atoms with E-state index in [2.05, 4.69) is 10.3 Å². The van der Waals surface area contributed by atoms with E-state index in [0.717, 1.165) is 17.0 Å². The fraction of sp³-hybridized carbons (Fsp3) is 0.357. The van der Waals surface area contributed by atoms with E-state index in [4.69, 9.17) is 4.74 Å². The van der Waals surface area contributed by atoms with Crippen LogP contribution in [0.25, 0.3) is 0 Å². The number of nitrogens with one attached hydrogen (secondary N) is 1. The summed E-state index contributed by atoms with van der Waals surface area (Å²) in [6.45, 7) is 0.586. The van der Waals surface area contributed by atoms with Gasteiger partial charge >= 0.3 is 0 Å². The van der Waals surface area contributed by atoms with Crippen molar-refractivity contribution in [1.29, 1.82) is 0 Å². The van der Waals surface area contributed by atoms with Crippen molar-refractivity contribution in [2.24, 2.45) is 4.99 Å². The second kappa shape index (κ2) is 6.13. The molecule has 0 aliphatic carbocycles. The van der Waals surface area contributed by atoms with Gasteiger partial charge in [-0.2, -0.15) is 0 Å². The summed E-state index contributed by atoms with van der Waals surface area (Å²) in [5.41, 5.74) is 1.89. The molecule has 2 aliphatic rings. The summed E-state index contributed by atoms with van der Waals surface area (Å²) in [6.07, 6.45) is 2.57. The van der Waals surface area contributed by atoms with Crippen molar-refractivity contribution in [3.8, 4) is 5.75 Å². The highest BCUT2D eigenvalue weighted by Crippen LogP contribution is 2.29. The zero-order valence-electron chi connectivity index (χ0n) is 11.5. The van der Waals surface area contributed by atoms with Crippen LogP contribution < -0.4 is 10.1 Å². The smallest absolute Gasteiger partial charge is 0.249 e. The van der Waals surface area contributed by atoms with E-state index in [1.54, 1.807) is 13.4 Å². The molecule has 2 heterocycles. The standard InChI is InChI=1S/C14H15N3O3.ClH/c1-20-10-2-3-11-9(6-10)7-17(8-15-11)12-4-5-13(18)16-14(12)19;/h2-3,6,8,12H,4-5,7H2,1H3,(H,16,18,19);1H. The van der Waals surface area contributed by atoms with Crippen molar-refractivity contribution < 1.29 is 14.3 Å². The van der Waals surface area contributed by atoms with E-state index in [0.29, 0.717) is 19.4 Å². The van der Waals surface area contributed by atoms with Gasteiger partial charge in [0.15, 0.2) is 0 Å². The molecule has 0 saturated carbocycles. The molecule has 0 aromatic heterocycles. The Morgan fingerprint density at radius 1 is 1.38 bits per heavy atom. The Morgan fingerprint density at radius 3 is 2.90 bits per heavy atom. The SMILES string of the molecule is COc1ccc2c(c1)CN(C1CCC(=O)NC1=O)C=N2.Cl. The Labute approximate surface area is 128 Å². The molecule has 6 nitrogen and oxygen atoms in total. The summed E-state index contributed by atoms with van der Waals surface area (Å²) >= 11 is 0. The predicted octanol–water partition coefficient (Wildman–Crippen LogP) is 1.40. The van der Waals surface area contributed by atoms with Crippen LogP contribution in [0.15, 0.2) is 23.2 Å². The van der Waals surface area contributed by atoms with Gasteiger partial charge in [0.1, 0.15) is 11.8 Å². The van der Waals surface area contributed by atoms with Gasteiger partial charge in [-0.3, -0.25) is 14.9 Å². The number of benzene rings is 1. The third-order valence-electron chi connectivity index (χ3n) is 3.60. The number of ether oxygens (including phenoxy) is 1. The molecular weight excluding hydrogens is 294 g/mol. The summed E-state index contributed by atoms with van der Waals surface area (Å²) in [5, 5.41) is 2.37. The number of halogens is 1. The average molecular weight is 310 g/mol. The van der Waals surface area contributed by atoms with Gasteiger partial charge in [-0.1, -0.05) is 0 Å². The van der Waals surface area contributed by atoms with E-state index < -0.39 is 0 Å². The number of amides is 2. The van der Waals surface area contributed by atoms with Crippen molar-refractivity contribution >= 4 is 36.2 Å². The minimum Gasteiger partial charge on any atom is -0.497 e. The first kappa shape index (κ1) is 15.3. The Hall–Kier alpha value is -2.08. The molecule has 1 aromatic rings. The molecule has 2 aliphatic heterocycles. The molecule has 0 bridgehead atoms. The first-order chi connectivity index (χ1) is 9.67. The third kappa shape index (κ3) is 3.00. The largest absolute Gasteiger partial charge is 0.497 e. The number of carbonyl (C=O) groups excluding carboxylic acids is 2. The van der Waals surface area contributed by atoms with Crippen molar-refractivity contribution in [3.05, 3.63) is 23.8 Å². The molecule has 112 valence electrons. The van der Waals surface area contributed by atoms with Crippen LogP contribution in [0, 0.1) is 0 Å². The molecule has 1 N–H and O–H groups in total. The summed E-state index contributed by atoms with van der Waals surface area (Å²) in [6, 6.07) is 5.34. The van der Waals surface area contributed by atoms with E-state index in [9.17, 15) is 9.59 Å². The second-order valence-electron chi connectivity index (χ2n) is 4.88. The number of hydrogen-bond acceptors (Lipinski definition) is 5. The Kier molecular flexibility index (Phi) is 4.47. The lowest BCUT2D eigenvalue weighted by Gasteiger charge is -2.33. The minimum atomic E-state index is -0.337. The maximum absolute atomic E-state index is 11.9. The molecule has 1 unspecified atom stereocenters. The number of piperidine rings is 1. The molecule has 1 saturated heterocycles. The summed E-state index contributed by atoms with van der Waals surface area (Å²) in [4.78, 5) is 29.3. The maximum Gasteiger partial charge on any atom is 0.249 e. The van der Waals surface area contributed by atoms with Gasteiger partial charge in [0.2, 0.25) is 11.8 Å². The molecular formula is C14H16ClN3O3. The summed E-state index contributed by atoms with van der Waals surface area (Å²) in [5.74, 6) is 0.311. The zero-order chi connectivity index (χ0) is 14.1. The molecule has 7 heteroatoms. The van der Waals surface area contributed by atoms with Crippen LogP contribution in [0.1, 0.15) is 18.4 Å². The van der Waals surface area contributed by atoms with Gasteiger partial charge in [-0.05, 0) is 24.6 Å². The van der Waals surface area contributed by atoms with E-state index >= 15 is 0 Å². The highest BCUT2D eigenvalue weighted by Gasteiger charge is 2.31. The highest BCUT2D eigenvalue weighted by atomic mass is 35.5. The zero-order valence-corrected chi connectivity index (χ0v) is 12.4. The van der Waals surface area contributed by atoms with Gasteiger partial charge in [0.25, 0.3) is 0 Å². The van der Waals surface area contributed by atoms with Crippen molar-refractivity contribution in [2.75, 3.05) is 7.11 Å². The van der Waals surface area contributed by atoms with Crippen molar-refractivity contribution in [3.63, 3.8) is 0 Å². The van der Waals surface area contributed by atoms with Crippen LogP contribution in [-0.4, -0.2) is 36.2 Å². The minimum absolute atomic E-state index is 0. The van der Waals surface area contributed by atoms with Gasteiger partial charge in [-0.25, -0.2) is 4.99 Å². The van der Waals surface area contributed by atoms with Gasteiger partial charge in [-0.15, -0.1) is 12.4 Å². The average Bonchev–Trinajstić information content (AvgIpc) is 2.46. The fourth-order valence-electron chi connectivity index (χ4n) is 2.50. The highest BCUT2D eigenvalue weighted by molar-refractivity contribution is 6.01. The van der Waals surface area contributed by atoms with Crippen LogP contribution >= 0.6 is 12.4 Å². The van der Waals surface area contributed by atoms with Gasteiger partial charge in [0, 0.05) is 18.5 Å². The number of aliphatic imine (C=N–C) groups is 1. The summed E-state index contributed by atoms with van der Waals surface area (Å²) < 4.78 is 5.20. The molecule has 21 heavy (non-hydrogen) atoms. The molecule has 1 atom stereocenters. The van der Waals surface area contributed by atoms with Crippen LogP contribution in [0.3, 0.4) is 0 Å². The first-order valence-electron chi connectivity index (χ1n) is 6.48. The topological polar surface area (TPSA) is 71.0 Å². The second-order valence-corrected chi connectivity index (χ2v) is 4.88. The lowest BCUT2D eigenvalue weighted by atomic mass is 10.0. The molecule has 2 amide bonds. The number of nitrogens with zero attached hydrogens (tertiary/aromatic N) is 2. The van der Waals surface area contributed by atoms with Crippen LogP contribution in [0.4, 0.5) is 5.69 Å².